The number of aromatic nitrogens is 1. The zero-order valence-corrected chi connectivity index (χ0v) is 11.6. The van der Waals surface area contributed by atoms with Crippen molar-refractivity contribution in [1.29, 1.82) is 0 Å². The molecular formula is C17H16N2O. The summed E-state index contributed by atoms with van der Waals surface area (Å²) in [4.78, 5) is 6.61. The molecule has 0 saturated carbocycles. The van der Waals surface area contributed by atoms with E-state index in [0.29, 0.717) is 5.89 Å². The topological polar surface area (TPSA) is 29.3 Å². The van der Waals surface area contributed by atoms with Gasteiger partial charge in [-0.15, -0.1) is 0 Å². The van der Waals surface area contributed by atoms with Crippen molar-refractivity contribution in [3.8, 4) is 11.5 Å². The first kappa shape index (κ1) is 12.5. The molecule has 0 saturated heterocycles. The van der Waals surface area contributed by atoms with Crippen LogP contribution in [0.4, 0.5) is 5.69 Å². The summed E-state index contributed by atoms with van der Waals surface area (Å²) in [5, 5.41) is 0. The average molecular weight is 264 g/mol. The number of rotatable bonds is 3. The van der Waals surface area contributed by atoms with E-state index in [-0.39, 0.29) is 0 Å². The zero-order valence-electron chi connectivity index (χ0n) is 11.6. The van der Waals surface area contributed by atoms with Crippen LogP contribution in [0.3, 0.4) is 0 Å². The van der Waals surface area contributed by atoms with Gasteiger partial charge in [0.05, 0.1) is 0 Å². The van der Waals surface area contributed by atoms with Crippen LogP contribution in [0.25, 0.3) is 28.6 Å². The fraction of sp³-hybridized carbons (Fsp3) is 0.118. The summed E-state index contributed by atoms with van der Waals surface area (Å²) in [6, 6.07) is 13.9. The van der Waals surface area contributed by atoms with Gasteiger partial charge in [0.1, 0.15) is 5.52 Å². The molecule has 0 aliphatic heterocycles. The Labute approximate surface area is 118 Å². The van der Waals surface area contributed by atoms with E-state index >= 15 is 0 Å². The molecule has 0 fully saturated rings. The van der Waals surface area contributed by atoms with Gasteiger partial charge in [-0.3, -0.25) is 0 Å². The summed E-state index contributed by atoms with van der Waals surface area (Å²) in [5.74, 6) is 0.629. The third kappa shape index (κ3) is 2.07. The first-order valence-electron chi connectivity index (χ1n) is 6.49. The van der Waals surface area contributed by atoms with Crippen LogP contribution in [0, 0.1) is 0 Å². The lowest BCUT2D eigenvalue weighted by molar-refractivity contribution is 0.619. The number of hydrogen-bond acceptors (Lipinski definition) is 3. The van der Waals surface area contributed by atoms with E-state index in [4.69, 9.17) is 4.42 Å². The van der Waals surface area contributed by atoms with Crippen LogP contribution in [-0.4, -0.2) is 19.1 Å². The van der Waals surface area contributed by atoms with Gasteiger partial charge < -0.3 is 9.32 Å². The van der Waals surface area contributed by atoms with Crippen LogP contribution in [0.15, 0.2) is 53.5 Å². The summed E-state index contributed by atoms with van der Waals surface area (Å²) in [6.07, 6.45) is 1.82. The molecule has 0 unspecified atom stereocenters. The molecule has 0 aliphatic carbocycles. The molecule has 0 atom stereocenters. The van der Waals surface area contributed by atoms with Crippen molar-refractivity contribution in [2.75, 3.05) is 19.0 Å². The van der Waals surface area contributed by atoms with E-state index in [2.05, 4.69) is 28.6 Å². The number of hydrogen-bond donors (Lipinski definition) is 0. The molecule has 0 aliphatic rings. The highest BCUT2D eigenvalue weighted by Gasteiger charge is 2.12. The van der Waals surface area contributed by atoms with Crippen LogP contribution in [0.2, 0.25) is 0 Å². The third-order valence-corrected chi connectivity index (χ3v) is 3.30. The number of para-hydroxylation sites is 2. The Morgan fingerprint density at radius 3 is 2.65 bits per heavy atom. The monoisotopic (exact) mass is 264 g/mol. The number of benzene rings is 2. The standard InChI is InChI=1S/C17H16N2O/c1-4-12-9-10-13(19(2)3)11-14(12)17-18-15-7-5-6-8-16(15)20-17/h4-11H,1H2,2-3H3. The molecule has 1 aromatic heterocycles. The Kier molecular flexibility index (Phi) is 3.03. The van der Waals surface area contributed by atoms with Gasteiger partial charge >= 0.3 is 0 Å². The lowest BCUT2D eigenvalue weighted by atomic mass is 10.1. The summed E-state index contributed by atoms with van der Waals surface area (Å²) < 4.78 is 5.85. The van der Waals surface area contributed by atoms with Crippen LogP contribution < -0.4 is 4.90 Å². The Morgan fingerprint density at radius 2 is 1.95 bits per heavy atom. The molecule has 3 aromatic rings. The molecule has 100 valence electrons. The van der Waals surface area contributed by atoms with Gasteiger partial charge in [0.2, 0.25) is 5.89 Å². The summed E-state index contributed by atoms with van der Waals surface area (Å²) in [5.41, 5.74) is 4.75. The van der Waals surface area contributed by atoms with Crippen LogP contribution in [0.5, 0.6) is 0 Å². The molecule has 0 radical (unpaired) electrons. The summed E-state index contributed by atoms with van der Waals surface area (Å²) >= 11 is 0. The Morgan fingerprint density at radius 1 is 1.15 bits per heavy atom. The van der Waals surface area contributed by atoms with Crippen molar-refractivity contribution in [2.24, 2.45) is 0 Å². The first-order valence-corrected chi connectivity index (χ1v) is 6.49. The van der Waals surface area contributed by atoms with Crippen molar-refractivity contribution in [3.63, 3.8) is 0 Å². The fourth-order valence-corrected chi connectivity index (χ4v) is 2.17. The number of nitrogens with zero attached hydrogens (tertiary/aromatic N) is 2. The van der Waals surface area contributed by atoms with E-state index < -0.39 is 0 Å². The molecule has 20 heavy (non-hydrogen) atoms. The third-order valence-electron chi connectivity index (χ3n) is 3.30. The van der Waals surface area contributed by atoms with Crippen molar-refractivity contribution in [3.05, 3.63) is 54.6 Å². The molecule has 2 aromatic carbocycles. The molecule has 0 bridgehead atoms. The second kappa shape index (κ2) is 4.85. The smallest absolute Gasteiger partial charge is 0.227 e. The predicted octanol–water partition coefficient (Wildman–Crippen LogP) is 4.20. The van der Waals surface area contributed by atoms with Gasteiger partial charge in [-0.05, 0) is 29.8 Å². The molecular weight excluding hydrogens is 248 g/mol. The van der Waals surface area contributed by atoms with Crippen LogP contribution in [-0.2, 0) is 0 Å². The molecule has 1 heterocycles. The molecule has 3 nitrogen and oxygen atoms in total. The zero-order chi connectivity index (χ0) is 14.1. The van der Waals surface area contributed by atoms with E-state index in [0.717, 1.165) is 27.9 Å². The molecule has 0 spiro atoms. The number of fused-ring (bicyclic) bond motifs is 1. The van der Waals surface area contributed by atoms with Crippen LogP contribution in [0.1, 0.15) is 5.56 Å². The molecule has 3 rings (SSSR count). The average Bonchev–Trinajstić information content (AvgIpc) is 2.90. The van der Waals surface area contributed by atoms with E-state index in [9.17, 15) is 0 Å². The minimum Gasteiger partial charge on any atom is -0.436 e. The maximum absolute atomic E-state index is 5.85. The minimum atomic E-state index is 0.629. The lowest BCUT2D eigenvalue weighted by Gasteiger charge is -2.14. The second-order valence-corrected chi connectivity index (χ2v) is 4.86. The molecule has 0 amide bonds. The maximum Gasteiger partial charge on any atom is 0.227 e. The Bertz CT molecular complexity index is 739. The Hall–Kier alpha value is -2.55. The van der Waals surface area contributed by atoms with Crippen molar-refractivity contribution < 1.29 is 4.42 Å². The largest absolute Gasteiger partial charge is 0.436 e. The first-order chi connectivity index (χ1) is 9.69. The van der Waals surface area contributed by atoms with Gasteiger partial charge in [-0.1, -0.05) is 30.9 Å². The number of anilines is 1. The normalized spacial score (nSPS) is 10.7. The minimum absolute atomic E-state index is 0.629. The van der Waals surface area contributed by atoms with Gasteiger partial charge in [0.25, 0.3) is 0 Å². The SMILES string of the molecule is C=Cc1ccc(N(C)C)cc1-c1nc2ccccc2o1. The lowest BCUT2D eigenvalue weighted by Crippen LogP contribution is -2.08. The fourth-order valence-electron chi connectivity index (χ4n) is 2.17. The number of oxazole rings is 1. The van der Waals surface area contributed by atoms with Gasteiger partial charge in [0, 0.05) is 25.3 Å². The molecule has 0 N–H and O–H groups in total. The summed E-state index contributed by atoms with van der Waals surface area (Å²) in [6.45, 7) is 3.86. The quantitative estimate of drug-likeness (QED) is 0.710. The summed E-state index contributed by atoms with van der Waals surface area (Å²) in [7, 11) is 4.03. The van der Waals surface area contributed by atoms with Crippen LogP contribution >= 0.6 is 0 Å². The molecule has 3 heteroatoms. The predicted molar refractivity (Wildman–Crippen MR) is 83.9 cm³/mol. The van der Waals surface area contributed by atoms with Gasteiger partial charge in [-0.2, -0.15) is 0 Å². The highest BCUT2D eigenvalue weighted by molar-refractivity contribution is 5.80. The second-order valence-electron chi connectivity index (χ2n) is 4.86. The highest BCUT2D eigenvalue weighted by Crippen LogP contribution is 2.30. The maximum atomic E-state index is 5.85. The van der Waals surface area contributed by atoms with Crippen molar-refractivity contribution >= 4 is 22.9 Å². The van der Waals surface area contributed by atoms with E-state index in [1.54, 1.807) is 0 Å². The van der Waals surface area contributed by atoms with Crippen molar-refractivity contribution in [1.82, 2.24) is 4.98 Å². The van der Waals surface area contributed by atoms with Gasteiger partial charge in [0.15, 0.2) is 5.58 Å². The Balaban J connectivity index is 2.20. The van der Waals surface area contributed by atoms with Crippen molar-refractivity contribution in [2.45, 2.75) is 0 Å². The highest BCUT2D eigenvalue weighted by atomic mass is 16.3. The van der Waals surface area contributed by atoms with E-state index in [1.165, 1.54) is 0 Å². The van der Waals surface area contributed by atoms with E-state index in [1.807, 2.05) is 50.5 Å². The van der Waals surface area contributed by atoms with Gasteiger partial charge in [-0.25, -0.2) is 4.98 Å².